The van der Waals surface area contributed by atoms with Crippen molar-refractivity contribution in [3.05, 3.63) is 70.7 Å². The third kappa shape index (κ3) is 4.26. The van der Waals surface area contributed by atoms with E-state index in [2.05, 4.69) is 0 Å². The Labute approximate surface area is 165 Å². The number of halogens is 2. The molecule has 27 heavy (non-hydrogen) atoms. The van der Waals surface area contributed by atoms with Gasteiger partial charge in [-0.25, -0.2) is 9.18 Å². The van der Waals surface area contributed by atoms with E-state index in [1.54, 1.807) is 18.2 Å². The van der Waals surface area contributed by atoms with E-state index in [1.807, 2.05) is 12.1 Å². The van der Waals surface area contributed by atoms with Crippen LogP contribution in [-0.4, -0.2) is 27.7 Å². The monoisotopic (exact) mass is 405 g/mol. The SMILES string of the molecule is C/C(O)=C/C(=N)CN1Sc2ccccc2N(Cc2c(F)cccc2Cl)C1=O. The molecule has 2 aromatic rings. The normalized spacial score (nSPS) is 14.3. The Hall–Kier alpha value is -2.51. The van der Waals surface area contributed by atoms with Crippen LogP contribution in [0.4, 0.5) is 14.9 Å². The van der Waals surface area contributed by atoms with Crippen molar-refractivity contribution in [3.63, 3.8) is 0 Å². The van der Waals surface area contributed by atoms with Gasteiger partial charge in [0.2, 0.25) is 0 Å². The molecule has 0 fully saturated rings. The van der Waals surface area contributed by atoms with E-state index in [9.17, 15) is 14.3 Å². The first-order valence-corrected chi connectivity index (χ1v) is 9.25. The van der Waals surface area contributed by atoms with Gasteiger partial charge in [-0.2, -0.15) is 0 Å². The smallest absolute Gasteiger partial charge is 0.335 e. The van der Waals surface area contributed by atoms with E-state index in [4.69, 9.17) is 17.0 Å². The van der Waals surface area contributed by atoms with Crippen molar-refractivity contribution in [3.8, 4) is 0 Å². The van der Waals surface area contributed by atoms with E-state index in [0.717, 1.165) is 4.90 Å². The summed E-state index contributed by atoms with van der Waals surface area (Å²) >= 11 is 7.34. The zero-order valence-corrected chi connectivity index (χ0v) is 16.0. The van der Waals surface area contributed by atoms with Gasteiger partial charge in [0.15, 0.2) is 0 Å². The van der Waals surface area contributed by atoms with Gasteiger partial charge in [0.05, 0.1) is 35.1 Å². The average Bonchev–Trinajstić information content (AvgIpc) is 2.60. The summed E-state index contributed by atoms with van der Waals surface area (Å²) in [7, 11) is 0. The molecule has 0 unspecified atom stereocenters. The number of amides is 2. The number of anilines is 1. The van der Waals surface area contributed by atoms with Crippen molar-refractivity contribution in [2.75, 3.05) is 11.4 Å². The fraction of sp³-hybridized carbons (Fsp3) is 0.158. The number of carbonyl (C=O) groups excluding carboxylic acids is 1. The Kier molecular flexibility index (Phi) is 5.72. The molecule has 0 saturated carbocycles. The molecule has 0 bridgehead atoms. The largest absolute Gasteiger partial charge is 0.513 e. The van der Waals surface area contributed by atoms with Crippen molar-refractivity contribution in [1.82, 2.24) is 4.31 Å². The molecule has 0 radical (unpaired) electrons. The minimum absolute atomic E-state index is 0.00274. The van der Waals surface area contributed by atoms with Crippen LogP contribution in [0.3, 0.4) is 0 Å². The molecule has 0 saturated heterocycles. The summed E-state index contributed by atoms with van der Waals surface area (Å²) in [5.74, 6) is -0.492. The lowest BCUT2D eigenvalue weighted by molar-refractivity contribution is 0.233. The number of benzene rings is 2. The summed E-state index contributed by atoms with van der Waals surface area (Å²) in [6.07, 6.45) is 1.28. The van der Waals surface area contributed by atoms with Crippen molar-refractivity contribution < 1.29 is 14.3 Å². The number of carbonyl (C=O) groups is 1. The third-order valence-electron chi connectivity index (χ3n) is 3.88. The zero-order chi connectivity index (χ0) is 19.6. The van der Waals surface area contributed by atoms with Gasteiger partial charge in [-0.1, -0.05) is 29.8 Å². The second-order valence-electron chi connectivity index (χ2n) is 5.98. The number of allylic oxidation sites excluding steroid dienone is 1. The maximum absolute atomic E-state index is 14.2. The quantitative estimate of drug-likeness (QED) is 0.397. The van der Waals surface area contributed by atoms with Crippen molar-refractivity contribution in [2.45, 2.75) is 18.4 Å². The summed E-state index contributed by atoms with van der Waals surface area (Å²) in [6.45, 7) is 1.43. The second kappa shape index (κ2) is 8.02. The highest BCUT2D eigenvalue weighted by Gasteiger charge is 2.32. The lowest BCUT2D eigenvalue weighted by Crippen LogP contribution is -2.44. The summed E-state index contributed by atoms with van der Waals surface area (Å²) in [4.78, 5) is 15.3. The zero-order valence-electron chi connectivity index (χ0n) is 14.4. The van der Waals surface area contributed by atoms with Crippen molar-refractivity contribution in [1.29, 1.82) is 5.41 Å². The van der Waals surface area contributed by atoms with Crippen LogP contribution < -0.4 is 4.90 Å². The maximum Gasteiger partial charge on any atom is 0.335 e. The van der Waals surface area contributed by atoms with Gasteiger partial charge in [0, 0.05) is 10.6 Å². The molecule has 1 aliphatic rings. The number of rotatable bonds is 5. The van der Waals surface area contributed by atoms with Crippen LogP contribution in [0.1, 0.15) is 12.5 Å². The lowest BCUT2D eigenvalue weighted by atomic mass is 10.2. The van der Waals surface area contributed by atoms with Gasteiger partial charge >= 0.3 is 6.03 Å². The highest BCUT2D eigenvalue weighted by Crippen LogP contribution is 2.39. The van der Waals surface area contributed by atoms with E-state index < -0.39 is 5.82 Å². The second-order valence-corrected chi connectivity index (χ2v) is 7.45. The van der Waals surface area contributed by atoms with Gasteiger partial charge in [-0.3, -0.25) is 9.21 Å². The molecule has 1 aliphatic heterocycles. The van der Waals surface area contributed by atoms with Crippen LogP contribution in [0.25, 0.3) is 0 Å². The number of hydrogen-bond donors (Lipinski definition) is 2. The molecule has 0 spiro atoms. The highest BCUT2D eigenvalue weighted by atomic mass is 35.5. The molecule has 5 nitrogen and oxygen atoms in total. The number of para-hydroxylation sites is 1. The standard InChI is InChI=1S/C19H17ClFN3O2S/c1-12(25)9-13(22)10-24-19(26)23(17-7-2-3-8-18(17)27-24)11-14-15(20)5-4-6-16(14)21/h2-9,22,25H,10-11H2,1H3/b12-9-,22-13?. The third-order valence-corrected chi connectivity index (χ3v) is 5.29. The molecule has 1 heterocycles. The van der Waals surface area contributed by atoms with E-state index >= 15 is 0 Å². The summed E-state index contributed by atoms with van der Waals surface area (Å²) in [5, 5.41) is 17.5. The van der Waals surface area contributed by atoms with Gasteiger partial charge in [0.1, 0.15) is 5.82 Å². The van der Waals surface area contributed by atoms with Gasteiger partial charge in [-0.15, -0.1) is 0 Å². The predicted molar refractivity (Wildman–Crippen MR) is 106 cm³/mol. The van der Waals surface area contributed by atoms with Gasteiger partial charge in [0.25, 0.3) is 0 Å². The number of urea groups is 1. The minimum atomic E-state index is -0.482. The number of aliphatic hydroxyl groups is 1. The molecule has 3 rings (SSSR count). The molecule has 2 amide bonds. The van der Waals surface area contributed by atoms with Crippen LogP contribution in [0, 0.1) is 11.2 Å². The topological polar surface area (TPSA) is 67.6 Å². The van der Waals surface area contributed by atoms with E-state index in [1.165, 1.54) is 46.3 Å². The van der Waals surface area contributed by atoms with Crippen LogP contribution in [0.2, 0.25) is 5.02 Å². The Morgan fingerprint density at radius 3 is 2.74 bits per heavy atom. The molecule has 2 aromatic carbocycles. The number of aliphatic hydroxyl groups excluding tert-OH is 1. The van der Waals surface area contributed by atoms with Crippen molar-refractivity contribution in [2.24, 2.45) is 0 Å². The van der Waals surface area contributed by atoms with Crippen molar-refractivity contribution >= 4 is 41.0 Å². The Morgan fingerprint density at radius 2 is 2.04 bits per heavy atom. The Morgan fingerprint density at radius 1 is 1.30 bits per heavy atom. The molecular weight excluding hydrogens is 389 g/mol. The summed E-state index contributed by atoms with van der Waals surface area (Å²) in [5.41, 5.74) is 0.970. The average molecular weight is 406 g/mol. The van der Waals surface area contributed by atoms with Crippen LogP contribution in [0.5, 0.6) is 0 Å². The Balaban J connectivity index is 1.95. The van der Waals surface area contributed by atoms with Crippen LogP contribution in [-0.2, 0) is 6.54 Å². The summed E-state index contributed by atoms with van der Waals surface area (Å²) < 4.78 is 15.6. The molecule has 0 aliphatic carbocycles. The first-order chi connectivity index (χ1) is 12.9. The molecular formula is C19H17ClFN3O2S. The number of nitrogens with one attached hydrogen (secondary N) is 1. The molecule has 140 valence electrons. The molecule has 2 N–H and O–H groups in total. The lowest BCUT2D eigenvalue weighted by Gasteiger charge is -2.36. The Bertz CT molecular complexity index is 911. The predicted octanol–water partition coefficient (Wildman–Crippen LogP) is 5.41. The molecule has 8 heteroatoms. The number of nitrogens with zero attached hydrogens (tertiary/aromatic N) is 2. The highest BCUT2D eigenvalue weighted by molar-refractivity contribution is 7.97. The maximum atomic E-state index is 14.2. The van der Waals surface area contributed by atoms with Crippen LogP contribution >= 0.6 is 23.5 Å². The van der Waals surface area contributed by atoms with Gasteiger partial charge < -0.3 is 10.5 Å². The number of fused-ring (bicyclic) bond motifs is 1. The first-order valence-electron chi connectivity index (χ1n) is 8.10. The van der Waals surface area contributed by atoms with E-state index in [0.29, 0.717) is 5.69 Å². The summed E-state index contributed by atoms with van der Waals surface area (Å²) in [6, 6.07) is 11.3. The first kappa shape index (κ1) is 19.3. The fourth-order valence-electron chi connectivity index (χ4n) is 2.70. The van der Waals surface area contributed by atoms with E-state index in [-0.39, 0.29) is 41.2 Å². The fourth-order valence-corrected chi connectivity index (χ4v) is 3.95. The molecule has 0 atom stereocenters. The van der Waals surface area contributed by atoms with Crippen LogP contribution in [0.15, 0.2) is 59.2 Å². The van der Waals surface area contributed by atoms with Gasteiger partial charge in [-0.05, 0) is 49.2 Å². The number of hydrogen-bond acceptors (Lipinski definition) is 4. The molecule has 0 aromatic heterocycles. The minimum Gasteiger partial charge on any atom is -0.513 e.